The maximum atomic E-state index is 12.5. The van der Waals surface area contributed by atoms with Crippen molar-refractivity contribution in [2.24, 2.45) is 5.73 Å². The lowest BCUT2D eigenvalue weighted by atomic mass is 10.0. The Morgan fingerprint density at radius 3 is 2.38 bits per heavy atom. The summed E-state index contributed by atoms with van der Waals surface area (Å²) in [7, 11) is -3.51. The maximum Gasteiger partial charge on any atom is 0.246 e. The summed E-state index contributed by atoms with van der Waals surface area (Å²) < 4.78 is 26.5. The zero-order valence-corrected chi connectivity index (χ0v) is 13.4. The largest absolute Gasteiger partial charge is 0.386 e. The van der Waals surface area contributed by atoms with E-state index in [-0.39, 0.29) is 10.7 Å². The third-order valence-corrected chi connectivity index (χ3v) is 6.10. The third kappa shape index (κ3) is 2.81. The molecule has 1 aliphatic heterocycles. The van der Waals surface area contributed by atoms with Gasteiger partial charge in [0.2, 0.25) is 10.0 Å². The van der Waals surface area contributed by atoms with Crippen LogP contribution in [-0.2, 0) is 10.0 Å². The van der Waals surface area contributed by atoms with Gasteiger partial charge in [0, 0.05) is 26.2 Å². The van der Waals surface area contributed by atoms with Crippen molar-refractivity contribution in [1.29, 1.82) is 5.41 Å². The highest BCUT2D eigenvalue weighted by Gasteiger charge is 2.36. The number of amidine groups is 1. The Hall–Kier alpha value is -1.45. The molecule has 0 spiro atoms. The number of nitrogens with two attached hydrogens (primary N) is 1. The van der Waals surface area contributed by atoms with Crippen molar-refractivity contribution in [2.45, 2.75) is 31.2 Å². The molecule has 0 bridgehead atoms. The van der Waals surface area contributed by atoms with Gasteiger partial charge in [0.1, 0.15) is 10.7 Å². The molecule has 9 heteroatoms. The molecular formula is C12H22N6O2S. The zero-order chi connectivity index (χ0) is 15.8. The molecule has 0 amide bonds. The standard InChI is InChI=1S/C12H22N6O2S/c1-9-10(8-15-16-9)21(19,20)18-6-4-17(5-7-18)12(2,3)11(13)14/h8H,4-7H2,1-3H3,(H3,13,14)(H,15,16). The van der Waals surface area contributed by atoms with Gasteiger partial charge in [0.05, 0.1) is 17.4 Å². The van der Waals surface area contributed by atoms with E-state index in [9.17, 15) is 8.42 Å². The van der Waals surface area contributed by atoms with Crippen molar-refractivity contribution in [3.05, 3.63) is 11.9 Å². The smallest absolute Gasteiger partial charge is 0.246 e. The summed E-state index contributed by atoms with van der Waals surface area (Å²) in [4.78, 5) is 2.26. The Balaban J connectivity index is 2.12. The zero-order valence-electron chi connectivity index (χ0n) is 12.5. The van der Waals surface area contributed by atoms with Crippen LogP contribution < -0.4 is 5.73 Å². The maximum absolute atomic E-state index is 12.5. The highest BCUT2D eigenvalue weighted by atomic mass is 32.2. The molecule has 1 aromatic rings. The van der Waals surface area contributed by atoms with Gasteiger partial charge in [-0.15, -0.1) is 0 Å². The van der Waals surface area contributed by atoms with E-state index < -0.39 is 15.6 Å². The van der Waals surface area contributed by atoms with Gasteiger partial charge in [-0.1, -0.05) is 0 Å². The summed E-state index contributed by atoms with van der Waals surface area (Å²) in [5.41, 5.74) is 5.60. The van der Waals surface area contributed by atoms with Crippen LogP contribution in [0.4, 0.5) is 0 Å². The molecule has 118 valence electrons. The fourth-order valence-electron chi connectivity index (χ4n) is 2.40. The minimum atomic E-state index is -3.51. The number of aryl methyl sites for hydroxylation is 1. The molecule has 0 radical (unpaired) electrons. The summed E-state index contributed by atoms with van der Waals surface area (Å²) in [6.07, 6.45) is 1.34. The first-order valence-electron chi connectivity index (χ1n) is 6.77. The lowest BCUT2D eigenvalue weighted by Crippen LogP contribution is -2.60. The molecule has 8 nitrogen and oxygen atoms in total. The predicted molar refractivity (Wildman–Crippen MR) is 79.6 cm³/mol. The molecule has 4 N–H and O–H groups in total. The number of hydrogen-bond donors (Lipinski definition) is 3. The van der Waals surface area contributed by atoms with Gasteiger partial charge >= 0.3 is 0 Å². The van der Waals surface area contributed by atoms with Crippen molar-refractivity contribution in [3.63, 3.8) is 0 Å². The van der Waals surface area contributed by atoms with Crippen LogP contribution in [0.15, 0.2) is 11.1 Å². The summed E-state index contributed by atoms with van der Waals surface area (Å²) in [5, 5.41) is 14.1. The van der Waals surface area contributed by atoms with Crippen LogP contribution in [0.25, 0.3) is 0 Å². The van der Waals surface area contributed by atoms with E-state index in [0.717, 1.165) is 0 Å². The van der Waals surface area contributed by atoms with Crippen LogP contribution in [0.5, 0.6) is 0 Å². The van der Waals surface area contributed by atoms with Crippen LogP contribution in [0.2, 0.25) is 0 Å². The first-order valence-corrected chi connectivity index (χ1v) is 8.21. The second-order valence-electron chi connectivity index (χ2n) is 5.72. The normalized spacial score (nSPS) is 18.8. The van der Waals surface area contributed by atoms with Crippen molar-refractivity contribution < 1.29 is 8.42 Å². The Bertz CT molecular complexity index is 628. The van der Waals surface area contributed by atoms with Crippen LogP contribution >= 0.6 is 0 Å². The first-order chi connectivity index (χ1) is 9.67. The van der Waals surface area contributed by atoms with Gasteiger partial charge in [-0.3, -0.25) is 15.4 Å². The molecule has 2 rings (SSSR count). The number of nitrogens with zero attached hydrogens (tertiary/aromatic N) is 3. The molecule has 0 atom stereocenters. The van der Waals surface area contributed by atoms with Crippen LogP contribution in [0.3, 0.4) is 0 Å². The Labute approximate surface area is 124 Å². The lowest BCUT2D eigenvalue weighted by molar-refractivity contribution is 0.121. The highest BCUT2D eigenvalue weighted by molar-refractivity contribution is 7.89. The average Bonchev–Trinajstić information content (AvgIpc) is 2.85. The predicted octanol–water partition coefficient (Wildman–Crippen LogP) is -0.261. The highest BCUT2D eigenvalue weighted by Crippen LogP contribution is 2.22. The minimum Gasteiger partial charge on any atom is -0.386 e. The number of aromatic nitrogens is 2. The number of H-pyrrole nitrogens is 1. The van der Waals surface area contributed by atoms with Gasteiger partial charge in [0.25, 0.3) is 0 Å². The number of nitrogens with one attached hydrogen (secondary N) is 2. The molecule has 0 aromatic carbocycles. The molecule has 0 saturated carbocycles. The topological polar surface area (TPSA) is 119 Å². The first kappa shape index (κ1) is 15.9. The van der Waals surface area contributed by atoms with E-state index in [4.69, 9.17) is 11.1 Å². The summed E-state index contributed by atoms with van der Waals surface area (Å²) in [5.74, 6) is 0.0875. The second-order valence-corrected chi connectivity index (χ2v) is 7.63. The lowest BCUT2D eigenvalue weighted by Gasteiger charge is -2.42. The summed E-state index contributed by atoms with van der Waals surface area (Å²) >= 11 is 0. The monoisotopic (exact) mass is 314 g/mol. The number of aromatic amines is 1. The van der Waals surface area contributed by atoms with E-state index in [2.05, 4.69) is 10.2 Å². The van der Waals surface area contributed by atoms with E-state index >= 15 is 0 Å². The molecule has 2 heterocycles. The number of rotatable bonds is 4. The SMILES string of the molecule is Cc1[nH]ncc1S(=O)(=O)N1CCN(C(C)(C)C(=N)N)CC1. The van der Waals surface area contributed by atoms with Gasteiger partial charge in [-0.25, -0.2) is 8.42 Å². The van der Waals surface area contributed by atoms with Crippen LogP contribution in [0, 0.1) is 12.3 Å². The fraction of sp³-hybridized carbons (Fsp3) is 0.667. The Morgan fingerprint density at radius 2 is 1.95 bits per heavy atom. The minimum absolute atomic E-state index is 0.0875. The van der Waals surface area contributed by atoms with Crippen molar-refractivity contribution in [3.8, 4) is 0 Å². The van der Waals surface area contributed by atoms with Crippen LogP contribution in [0.1, 0.15) is 19.5 Å². The van der Waals surface area contributed by atoms with Crippen molar-refractivity contribution >= 4 is 15.9 Å². The number of sulfonamides is 1. The van der Waals surface area contributed by atoms with E-state index in [0.29, 0.717) is 31.9 Å². The quantitative estimate of drug-likeness (QED) is 0.522. The van der Waals surface area contributed by atoms with Gasteiger partial charge in [-0.05, 0) is 20.8 Å². The molecule has 1 saturated heterocycles. The Kier molecular flexibility index (Phi) is 4.09. The molecule has 1 fully saturated rings. The second kappa shape index (κ2) is 5.39. The molecule has 0 unspecified atom stereocenters. The van der Waals surface area contributed by atoms with Crippen molar-refractivity contribution in [1.82, 2.24) is 19.4 Å². The summed E-state index contributed by atoms with van der Waals surface area (Å²) in [6, 6.07) is 0. The average molecular weight is 314 g/mol. The van der Waals surface area contributed by atoms with Gasteiger partial charge in [0.15, 0.2) is 0 Å². The van der Waals surface area contributed by atoms with E-state index in [1.807, 2.05) is 18.7 Å². The fourth-order valence-corrected chi connectivity index (χ4v) is 3.94. The van der Waals surface area contributed by atoms with Gasteiger partial charge < -0.3 is 5.73 Å². The molecule has 0 aliphatic carbocycles. The summed E-state index contributed by atoms with van der Waals surface area (Å²) in [6.45, 7) is 7.28. The van der Waals surface area contributed by atoms with Gasteiger partial charge in [-0.2, -0.15) is 9.40 Å². The molecular weight excluding hydrogens is 292 g/mol. The van der Waals surface area contributed by atoms with Crippen LogP contribution in [-0.4, -0.2) is 65.4 Å². The molecule has 21 heavy (non-hydrogen) atoms. The third-order valence-electron chi connectivity index (χ3n) is 4.09. The number of hydrogen-bond acceptors (Lipinski definition) is 5. The molecule has 1 aliphatic rings. The van der Waals surface area contributed by atoms with E-state index in [1.165, 1.54) is 10.5 Å². The van der Waals surface area contributed by atoms with Crippen molar-refractivity contribution in [2.75, 3.05) is 26.2 Å². The number of piperazine rings is 1. The Morgan fingerprint density at radius 1 is 1.38 bits per heavy atom. The molecule has 1 aromatic heterocycles. The van der Waals surface area contributed by atoms with E-state index in [1.54, 1.807) is 6.92 Å².